The number of carbonyl (C=O) groups is 1. The molecule has 0 aromatic heterocycles. The van der Waals surface area contributed by atoms with E-state index >= 15 is 0 Å². The van der Waals surface area contributed by atoms with Crippen LogP contribution >= 0.6 is 0 Å². The highest BCUT2D eigenvalue weighted by atomic mass is 16.5. The van der Waals surface area contributed by atoms with Crippen LogP contribution in [-0.2, 0) is 9.53 Å². The summed E-state index contributed by atoms with van der Waals surface area (Å²) in [6, 6.07) is 0. The van der Waals surface area contributed by atoms with Gasteiger partial charge in [0.25, 0.3) is 0 Å². The van der Waals surface area contributed by atoms with Crippen LogP contribution in [0.3, 0.4) is 0 Å². The molecule has 0 amide bonds. The van der Waals surface area contributed by atoms with Crippen molar-refractivity contribution in [1.29, 1.82) is 0 Å². The Morgan fingerprint density at radius 1 is 1.33 bits per heavy atom. The van der Waals surface area contributed by atoms with Gasteiger partial charge < -0.3 is 9.84 Å². The van der Waals surface area contributed by atoms with Gasteiger partial charge in [0.2, 0.25) is 0 Å². The van der Waals surface area contributed by atoms with Gasteiger partial charge in [-0.3, -0.25) is 10.1 Å². The molecule has 0 spiro atoms. The smallest absolute Gasteiger partial charge is 0.323 e. The third-order valence-electron chi connectivity index (χ3n) is 4.47. The molecule has 0 bridgehead atoms. The predicted molar refractivity (Wildman–Crippen MR) is 69.6 cm³/mol. The summed E-state index contributed by atoms with van der Waals surface area (Å²) in [7, 11) is 0. The summed E-state index contributed by atoms with van der Waals surface area (Å²) < 4.78 is 5.57. The lowest BCUT2D eigenvalue weighted by molar-refractivity contribution is -0.145. The maximum absolute atomic E-state index is 11.6. The highest BCUT2D eigenvalue weighted by Gasteiger charge is 2.39. The molecule has 0 radical (unpaired) electrons. The molecular weight excluding hydrogens is 230 g/mol. The van der Waals surface area contributed by atoms with Crippen LogP contribution in [0.2, 0.25) is 0 Å². The first-order chi connectivity index (χ1) is 8.62. The van der Waals surface area contributed by atoms with Crippen molar-refractivity contribution in [3.05, 3.63) is 0 Å². The molecule has 18 heavy (non-hydrogen) atoms. The largest absolute Gasteiger partial charge is 0.480 e. The fraction of sp³-hybridized carbons (Fsp3) is 0.929. The summed E-state index contributed by atoms with van der Waals surface area (Å²) in [5.41, 5.74) is -0.712. The van der Waals surface area contributed by atoms with Crippen molar-refractivity contribution in [3.63, 3.8) is 0 Å². The van der Waals surface area contributed by atoms with Crippen molar-refractivity contribution in [2.45, 2.75) is 63.5 Å². The van der Waals surface area contributed by atoms with E-state index in [0.717, 1.165) is 51.6 Å². The van der Waals surface area contributed by atoms with Crippen LogP contribution in [0.25, 0.3) is 0 Å². The van der Waals surface area contributed by atoms with E-state index in [4.69, 9.17) is 4.74 Å². The maximum atomic E-state index is 11.6. The Morgan fingerprint density at radius 2 is 2.17 bits per heavy atom. The molecule has 1 aliphatic heterocycles. The fourth-order valence-electron chi connectivity index (χ4n) is 3.10. The summed E-state index contributed by atoms with van der Waals surface area (Å²) in [6.45, 7) is 3.72. The van der Waals surface area contributed by atoms with Crippen molar-refractivity contribution in [3.8, 4) is 0 Å². The minimum absolute atomic E-state index is 0.210. The summed E-state index contributed by atoms with van der Waals surface area (Å²) in [6.07, 6.45) is 7.02. The standard InChI is InChI=1S/C14H25NO3/c1-11-4-2-7-14(8-6-11,13(16)17)15-10-12-5-3-9-18-12/h11-12,15H,2-10H2,1H3,(H,16,17). The van der Waals surface area contributed by atoms with Gasteiger partial charge in [-0.15, -0.1) is 0 Å². The van der Waals surface area contributed by atoms with Gasteiger partial charge >= 0.3 is 5.97 Å². The third-order valence-corrected chi connectivity index (χ3v) is 4.47. The quantitative estimate of drug-likeness (QED) is 0.756. The molecule has 4 nitrogen and oxygen atoms in total. The first kappa shape index (κ1) is 13.8. The van der Waals surface area contributed by atoms with Gasteiger partial charge in [0, 0.05) is 13.2 Å². The molecular formula is C14H25NO3. The van der Waals surface area contributed by atoms with Gasteiger partial charge in [-0.1, -0.05) is 19.8 Å². The molecule has 3 atom stereocenters. The van der Waals surface area contributed by atoms with Crippen LogP contribution in [0, 0.1) is 5.92 Å². The number of hydrogen-bond acceptors (Lipinski definition) is 3. The SMILES string of the molecule is CC1CCCC(NCC2CCCO2)(C(=O)O)CC1. The van der Waals surface area contributed by atoms with Crippen LogP contribution in [-0.4, -0.2) is 35.9 Å². The van der Waals surface area contributed by atoms with E-state index in [9.17, 15) is 9.90 Å². The lowest BCUT2D eigenvalue weighted by atomic mass is 9.89. The number of carboxylic acids is 1. The zero-order valence-electron chi connectivity index (χ0n) is 11.3. The molecule has 1 saturated heterocycles. The number of hydrogen-bond donors (Lipinski definition) is 2. The van der Waals surface area contributed by atoms with Crippen LogP contribution in [0.1, 0.15) is 51.9 Å². The molecule has 104 valence electrons. The predicted octanol–water partition coefficient (Wildman–Crippen LogP) is 2.18. The van der Waals surface area contributed by atoms with Gasteiger partial charge in [-0.2, -0.15) is 0 Å². The van der Waals surface area contributed by atoms with E-state index in [1.54, 1.807) is 0 Å². The van der Waals surface area contributed by atoms with E-state index in [1.165, 1.54) is 0 Å². The molecule has 1 aliphatic carbocycles. The zero-order chi connectivity index (χ0) is 13.0. The Kier molecular flexibility index (Phi) is 4.62. The van der Waals surface area contributed by atoms with Gasteiger partial charge in [0.1, 0.15) is 5.54 Å². The maximum Gasteiger partial charge on any atom is 0.323 e. The molecule has 1 heterocycles. The molecule has 1 saturated carbocycles. The molecule has 0 aromatic carbocycles. The first-order valence-electron chi connectivity index (χ1n) is 7.22. The van der Waals surface area contributed by atoms with Crippen molar-refractivity contribution in [1.82, 2.24) is 5.32 Å². The van der Waals surface area contributed by atoms with Crippen molar-refractivity contribution in [2.24, 2.45) is 5.92 Å². The van der Waals surface area contributed by atoms with Crippen LogP contribution < -0.4 is 5.32 Å². The third kappa shape index (κ3) is 3.23. The van der Waals surface area contributed by atoms with Gasteiger partial charge in [-0.05, 0) is 38.0 Å². The van der Waals surface area contributed by atoms with Crippen molar-refractivity contribution < 1.29 is 14.6 Å². The lowest BCUT2D eigenvalue weighted by Gasteiger charge is -2.30. The van der Waals surface area contributed by atoms with E-state index in [-0.39, 0.29) is 6.10 Å². The molecule has 2 aliphatic rings. The van der Waals surface area contributed by atoms with E-state index in [2.05, 4.69) is 12.2 Å². The minimum Gasteiger partial charge on any atom is -0.480 e. The average molecular weight is 255 g/mol. The second kappa shape index (κ2) is 6.02. The fourth-order valence-corrected chi connectivity index (χ4v) is 3.10. The van der Waals surface area contributed by atoms with E-state index in [0.29, 0.717) is 12.5 Å². The number of nitrogens with one attached hydrogen (secondary N) is 1. The number of ether oxygens (including phenoxy) is 1. The van der Waals surface area contributed by atoms with Crippen LogP contribution in [0.4, 0.5) is 0 Å². The monoisotopic (exact) mass is 255 g/mol. The topological polar surface area (TPSA) is 58.6 Å². The second-order valence-electron chi connectivity index (χ2n) is 5.94. The van der Waals surface area contributed by atoms with Gasteiger partial charge in [-0.25, -0.2) is 0 Å². The highest BCUT2D eigenvalue weighted by Crippen LogP contribution is 2.31. The van der Waals surface area contributed by atoms with Gasteiger partial charge in [0.15, 0.2) is 0 Å². The molecule has 2 N–H and O–H groups in total. The minimum atomic E-state index is -0.712. The summed E-state index contributed by atoms with van der Waals surface area (Å²) in [4.78, 5) is 11.6. The number of rotatable bonds is 4. The van der Waals surface area contributed by atoms with Gasteiger partial charge in [0.05, 0.1) is 6.10 Å². The molecule has 2 rings (SSSR count). The van der Waals surface area contributed by atoms with Crippen molar-refractivity contribution in [2.75, 3.05) is 13.2 Å². The number of aliphatic carboxylic acids is 1. The summed E-state index contributed by atoms with van der Waals surface area (Å²) in [5.74, 6) is -0.0367. The Bertz CT molecular complexity index is 289. The van der Waals surface area contributed by atoms with Crippen LogP contribution in [0.15, 0.2) is 0 Å². The van der Waals surface area contributed by atoms with E-state index in [1.807, 2.05) is 0 Å². The number of carboxylic acid groups (broad SMARTS) is 1. The molecule has 3 unspecified atom stereocenters. The normalized spacial score (nSPS) is 37.4. The lowest BCUT2D eigenvalue weighted by Crippen LogP contribution is -2.53. The van der Waals surface area contributed by atoms with Crippen LogP contribution in [0.5, 0.6) is 0 Å². The Hall–Kier alpha value is -0.610. The molecule has 0 aromatic rings. The summed E-state index contributed by atoms with van der Waals surface area (Å²) >= 11 is 0. The molecule has 2 fully saturated rings. The second-order valence-corrected chi connectivity index (χ2v) is 5.94. The zero-order valence-corrected chi connectivity index (χ0v) is 11.3. The Morgan fingerprint density at radius 3 is 2.83 bits per heavy atom. The Balaban J connectivity index is 1.94. The Labute approximate surface area is 109 Å². The average Bonchev–Trinajstić information content (AvgIpc) is 2.77. The first-order valence-corrected chi connectivity index (χ1v) is 7.22. The van der Waals surface area contributed by atoms with Crippen molar-refractivity contribution >= 4 is 5.97 Å². The van der Waals surface area contributed by atoms with E-state index < -0.39 is 11.5 Å². The summed E-state index contributed by atoms with van der Waals surface area (Å²) in [5, 5.41) is 12.9. The highest BCUT2D eigenvalue weighted by molar-refractivity contribution is 5.78. The molecule has 4 heteroatoms.